The molecule has 0 saturated heterocycles. The molecule has 1 N–H and O–H groups in total. The van der Waals surface area contributed by atoms with E-state index in [1.165, 1.54) is 12.8 Å². The van der Waals surface area contributed by atoms with Gasteiger partial charge in [0.15, 0.2) is 12.9 Å². The van der Waals surface area contributed by atoms with Crippen molar-refractivity contribution in [3.05, 3.63) is 28.2 Å². The number of hydrogen-bond acceptors (Lipinski definition) is 3. The molecule has 1 saturated carbocycles. The summed E-state index contributed by atoms with van der Waals surface area (Å²) in [6.07, 6.45) is 3.10. The lowest BCUT2D eigenvalue weighted by Crippen LogP contribution is -2.30. The first-order valence-electron chi connectivity index (χ1n) is 5.84. The van der Waals surface area contributed by atoms with Gasteiger partial charge in [-0.2, -0.15) is 0 Å². The second-order valence-electron chi connectivity index (χ2n) is 4.31. The van der Waals surface area contributed by atoms with Gasteiger partial charge in [0.1, 0.15) is 5.75 Å². The van der Waals surface area contributed by atoms with Crippen molar-refractivity contribution in [2.24, 2.45) is 5.92 Å². The molecule has 1 aliphatic rings. The van der Waals surface area contributed by atoms with Crippen molar-refractivity contribution in [1.29, 1.82) is 0 Å². The molecule has 1 amide bonds. The number of ether oxygens (including phenoxy) is 1. The van der Waals surface area contributed by atoms with Gasteiger partial charge >= 0.3 is 0 Å². The minimum Gasteiger partial charge on any atom is -0.482 e. The van der Waals surface area contributed by atoms with E-state index in [0.29, 0.717) is 28.0 Å². The summed E-state index contributed by atoms with van der Waals surface area (Å²) >= 11 is 3.29. The van der Waals surface area contributed by atoms with Crippen LogP contribution in [0.3, 0.4) is 0 Å². The molecule has 2 rings (SSSR count). The van der Waals surface area contributed by atoms with Crippen LogP contribution in [0.4, 0.5) is 0 Å². The number of rotatable bonds is 6. The number of benzene rings is 1. The number of amides is 1. The first-order chi connectivity index (χ1) is 8.70. The average Bonchev–Trinajstić information content (AvgIpc) is 3.18. The molecule has 1 fully saturated rings. The van der Waals surface area contributed by atoms with Gasteiger partial charge in [-0.15, -0.1) is 0 Å². The first-order valence-corrected chi connectivity index (χ1v) is 6.63. The van der Waals surface area contributed by atoms with E-state index in [0.717, 1.165) is 6.54 Å². The lowest BCUT2D eigenvalue weighted by Gasteiger charge is -2.10. The highest BCUT2D eigenvalue weighted by atomic mass is 79.9. The molecule has 1 aromatic carbocycles. The Labute approximate surface area is 114 Å². The van der Waals surface area contributed by atoms with E-state index in [1.807, 2.05) is 0 Å². The predicted molar refractivity (Wildman–Crippen MR) is 70.8 cm³/mol. The summed E-state index contributed by atoms with van der Waals surface area (Å²) in [6, 6.07) is 5.16. The van der Waals surface area contributed by atoms with Crippen molar-refractivity contribution in [2.75, 3.05) is 13.2 Å². The molecule has 0 spiro atoms. The fourth-order valence-electron chi connectivity index (χ4n) is 1.54. The highest BCUT2D eigenvalue weighted by Gasteiger charge is 2.21. The average molecular weight is 312 g/mol. The van der Waals surface area contributed by atoms with Crippen LogP contribution in [-0.4, -0.2) is 25.3 Å². The Kier molecular flexibility index (Phi) is 4.36. The Hall–Kier alpha value is -1.36. The molecule has 0 bridgehead atoms. The third kappa shape index (κ3) is 3.57. The first kappa shape index (κ1) is 13.1. The van der Waals surface area contributed by atoms with E-state index < -0.39 is 0 Å². The summed E-state index contributed by atoms with van der Waals surface area (Å²) in [6.45, 7) is 0.648. The summed E-state index contributed by atoms with van der Waals surface area (Å²) in [5.41, 5.74) is 0.430. The molecule has 5 heteroatoms. The summed E-state index contributed by atoms with van der Waals surface area (Å²) < 4.78 is 6.05. The van der Waals surface area contributed by atoms with Crippen LogP contribution in [0.15, 0.2) is 22.7 Å². The maximum atomic E-state index is 11.5. The third-order valence-electron chi connectivity index (χ3n) is 2.76. The summed E-state index contributed by atoms with van der Waals surface area (Å²) in [5, 5.41) is 2.80. The minimum absolute atomic E-state index is 0.0732. The van der Waals surface area contributed by atoms with Crippen LogP contribution in [0, 0.1) is 5.92 Å². The normalized spacial score (nSPS) is 14.1. The zero-order valence-corrected chi connectivity index (χ0v) is 11.4. The van der Waals surface area contributed by atoms with Crippen LogP contribution in [0.5, 0.6) is 5.75 Å². The highest BCUT2D eigenvalue weighted by Crippen LogP contribution is 2.28. The fourth-order valence-corrected chi connectivity index (χ4v) is 2.04. The molecule has 1 aromatic rings. The predicted octanol–water partition coefficient (Wildman–Crippen LogP) is 2.17. The van der Waals surface area contributed by atoms with Gasteiger partial charge in [0.2, 0.25) is 0 Å². The number of carbonyl (C=O) groups is 2. The molecule has 0 aromatic heterocycles. The van der Waals surface area contributed by atoms with Crippen molar-refractivity contribution in [3.63, 3.8) is 0 Å². The van der Waals surface area contributed by atoms with E-state index >= 15 is 0 Å². The molecule has 0 unspecified atom stereocenters. The van der Waals surface area contributed by atoms with Gasteiger partial charge in [-0.1, -0.05) is 6.07 Å². The monoisotopic (exact) mass is 311 g/mol. The number of aldehydes is 1. The summed E-state index contributed by atoms with van der Waals surface area (Å²) in [4.78, 5) is 22.4. The maximum Gasteiger partial charge on any atom is 0.257 e. The molecule has 0 aliphatic heterocycles. The SMILES string of the molecule is O=Cc1cccc(Br)c1OCC(=O)NCC1CC1. The van der Waals surface area contributed by atoms with E-state index in [9.17, 15) is 9.59 Å². The molecule has 18 heavy (non-hydrogen) atoms. The van der Waals surface area contributed by atoms with Gasteiger partial charge in [0, 0.05) is 6.54 Å². The zero-order valence-electron chi connectivity index (χ0n) is 9.82. The topological polar surface area (TPSA) is 55.4 Å². The van der Waals surface area contributed by atoms with Crippen LogP contribution < -0.4 is 10.1 Å². The van der Waals surface area contributed by atoms with Crippen molar-refractivity contribution in [3.8, 4) is 5.75 Å². The highest BCUT2D eigenvalue weighted by molar-refractivity contribution is 9.10. The second kappa shape index (κ2) is 6.00. The largest absolute Gasteiger partial charge is 0.482 e. The van der Waals surface area contributed by atoms with E-state index in [1.54, 1.807) is 18.2 Å². The molecule has 0 radical (unpaired) electrons. The Morgan fingerprint density at radius 2 is 2.28 bits per heavy atom. The Bertz CT molecular complexity index is 458. The number of halogens is 1. The van der Waals surface area contributed by atoms with Crippen LogP contribution >= 0.6 is 15.9 Å². The maximum absolute atomic E-state index is 11.5. The second-order valence-corrected chi connectivity index (χ2v) is 5.17. The fraction of sp³-hybridized carbons (Fsp3) is 0.385. The van der Waals surface area contributed by atoms with Crippen LogP contribution in [0.1, 0.15) is 23.2 Å². The third-order valence-corrected chi connectivity index (χ3v) is 3.38. The molecule has 1 aliphatic carbocycles. The zero-order chi connectivity index (χ0) is 13.0. The Morgan fingerprint density at radius 3 is 2.94 bits per heavy atom. The number of nitrogens with one attached hydrogen (secondary N) is 1. The van der Waals surface area contributed by atoms with Crippen LogP contribution in [0.25, 0.3) is 0 Å². The lowest BCUT2D eigenvalue weighted by atomic mass is 10.2. The summed E-state index contributed by atoms with van der Waals surface area (Å²) in [7, 11) is 0. The molecule has 4 nitrogen and oxygen atoms in total. The Morgan fingerprint density at radius 1 is 1.50 bits per heavy atom. The van der Waals surface area contributed by atoms with Gasteiger partial charge in [-0.05, 0) is 46.8 Å². The van der Waals surface area contributed by atoms with E-state index in [-0.39, 0.29) is 12.5 Å². The van der Waals surface area contributed by atoms with Crippen molar-refractivity contribution < 1.29 is 14.3 Å². The van der Waals surface area contributed by atoms with Crippen molar-refractivity contribution in [1.82, 2.24) is 5.32 Å². The smallest absolute Gasteiger partial charge is 0.257 e. The molecule has 0 atom stereocenters. The Balaban J connectivity index is 1.88. The standard InChI is InChI=1S/C13H14BrNO3/c14-11-3-1-2-10(7-16)13(11)18-8-12(17)15-6-9-4-5-9/h1-3,7,9H,4-6,8H2,(H,15,17). The van der Waals surface area contributed by atoms with Gasteiger partial charge in [0.05, 0.1) is 10.0 Å². The van der Waals surface area contributed by atoms with Gasteiger partial charge < -0.3 is 10.1 Å². The van der Waals surface area contributed by atoms with Crippen molar-refractivity contribution >= 4 is 28.1 Å². The van der Waals surface area contributed by atoms with E-state index in [2.05, 4.69) is 21.2 Å². The van der Waals surface area contributed by atoms with Gasteiger partial charge in [-0.25, -0.2) is 0 Å². The minimum atomic E-state index is -0.158. The van der Waals surface area contributed by atoms with Crippen LogP contribution in [0.2, 0.25) is 0 Å². The lowest BCUT2D eigenvalue weighted by molar-refractivity contribution is -0.123. The number of carbonyl (C=O) groups excluding carboxylic acids is 2. The molecule has 96 valence electrons. The number of hydrogen-bond donors (Lipinski definition) is 1. The van der Waals surface area contributed by atoms with Crippen molar-refractivity contribution in [2.45, 2.75) is 12.8 Å². The quantitative estimate of drug-likeness (QED) is 0.819. The van der Waals surface area contributed by atoms with Crippen LogP contribution in [-0.2, 0) is 4.79 Å². The van der Waals surface area contributed by atoms with E-state index in [4.69, 9.17) is 4.74 Å². The molecule has 0 heterocycles. The van der Waals surface area contributed by atoms with Gasteiger partial charge in [-0.3, -0.25) is 9.59 Å². The molecular formula is C13H14BrNO3. The molecular weight excluding hydrogens is 298 g/mol. The number of para-hydroxylation sites is 1. The van der Waals surface area contributed by atoms with Gasteiger partial charge in [0.25, 0.3) is 5.91 Å². The summed E-state index contributed by atoms with van der Waals surface area (Å²) in [5.74, 6) is 0.895.